The molecular weight excluding hydrogens is 230 g/mol. The molecule has 94 valence electrons. The quantitative estimate of drug-likeness (QED) is 0.868. The zero-order valence-corrected chi connectivity index (χ0v) is 10.1. The maximum Gasteiger partial charge on any atom is 0.319 e. The van der Waals surface area contributed by atoms with Crippen molar-refractivity contribution in [2.45, 2.75) is 13.3 Å². The number of amides is 2. The standard InChI is InChI=1S/C13H15N3O2/c1-10-9-15-12(18-10)7-8-14-13(17)16-11-5-3-2-4-6-11/h2-6,9H,7-8H2,1H3,(H2,14,16,17). The predicted molar refractivity (Wildman–Crippen MR) is 68.4 cm³/mol. The van der Waals surface area contributed by atoms with Gasteiger partial charge < -0.3 is 15.1 Å². The van der Waals surface area contributed by atoms with Crippen molar-refractivity contribution < 1.29 is 9.21 Å². The summed E-state index contributed by atoms with van der Waals surface area (Å²) in [5.74, 6) is 1.41. The second kappa shape index (κ2) is 5.86. The lowest BCUT2D eigenvalue weighted by Crippen LogP contribution is -2.30. The third-order valence-corrected chi connectivity index (χ3v) is 2.33. The Morgan fingerprint density at radius 3 is 2.78 bits per heavy atom. The zero-order valence-electron chi connectivity index (χ0n) is 10.1. The number of para-hydroxylation sites is 1. The molecule has 0 spiro atoms. The van der Waals surface area contributed by atoms with Gasteiger partial charge in [-0.1, -0.05) is 18.2 Å². The number of aryl methyl sites for hydroxylation is 1. The number of anilines is 1. The fourth-order valence-electron chi connectivity index (χ4n) is 1.50. The number of benzene rings is 1. The van der Waals surface area contributed by atoms with Gasteiger partial charge >= 0.3 is 6.03 Å². The third-order valence-electron chi connectivity index (χ3n) is 2.33. The lowest BCUT2D eigenvalue weighted by atomic mass is 10.3. The Morgan fingerprint density at radius 1 is 1.33 bits per heavy atom. The van der Waals surface area contributed by atoms with E-state index in [1.54, 1.807) is 6.20 Å². The molecular formula is C13H15N3O2. The Bertz CT molecular complexity index is 508. The van der Waals surface area contributed by atoms with Crippen molar-refractivity contribution in [3.05, 3.63) is 48.2 Å². The fourth-order valence-corrected chi connectivity index (χ4v) is 1.50. The van der Waals surface area contributed by atoms with Crippen molar-refractivity contribution in [3.63, 3.8) is 0 Å². The number of nitrogens with zero attached hydrogens (tertiary/aromatic N) is 1. The highest BCUT2D eigenvalue weighted by molar-refractivity contribution is 5.89. The van der Waals surface area contributed by atoms with Gasteiger partial charge in [-0.2, -0.15) is 0 Å². The summed E-state index contributed by atoms with van der Waals surface area (Å²) in [6, 6.07) is 9.06. The summed E-state index contributed by atoms with van der Waals surface area (Å²) in [5, 5.41) is 5.47. The molecule has 2 N–H and O–H groups in total. The molecule has 1 aromatic carbocycles. The molecule has 0 aliphatic rings. The van der Waals surface area contributed by atoms with Crippen LogP contribution in [-0.4, -0.2) is 17.6 Å². The molecule has 18 heavy (non-hydrogen) atoms. The van der Waals surface area contributed by atoms with Crippen molar-refractivity contribution in [1.29, 1.82) is 0 Å². The van der Waals surface area contributed by atoms with Crippen molar-refractivity contribution in [2.75, 3.05) is 11.9 Å². The van der Waals surface area contributed by atoms with Crippen molar-refractivity contribution in [3.8, 4) is 0 Å². The molecule has 0 saturated heterocycles. The summed E-state index contributed by atoms with van der Waals surface area (Å²) < 4.78 is 5.30. The highest BCUT2D eigenvalue weighted by atomic mass is 16.4. The molecule has 0 aliphatic carbocycles. The van der Waals surface area contributed by atoms with Crippen LogP contribution in [0.15, 0.2) is 40.9 Å². The van der Waals surface area contributed by atoms with Gasteiger partial charge in [0, 0.05) is 18.7 Å². The van der Waals surface area contributed by atoms with E-state index in [1.807, 2.05) is 37.3 Å². The van der Waals surface area contributed by atoms with E-state index in [0.717, 1.165) is 11.4 Å². The Hall–Kier alpha value is -2.30. The number of rotatable bonds is 4. The minimum atomic E-state index is -0.232. The molecule has 0 saturated carbocycles. The Morgan fingerprint density at radius 2 is 2.11 bits per heavy atom. The van der Waals surface area contributed by atoms with Gasteiger partial charge in [0.15, 0.2) is 5.89 Å². The van der Waals surface area contributed by atoms with E-state index in [1.165, 1.54) is 0 Å². The van der Waals surface area contributed by atoms with E-state index in [-0.39, 0.29) is 6.03 Å². The number of hydrogen-bond donors (Lipinski definition) is 2. The number of oxazole rings is 1. The van der Waals surface area contributed by atoms with Crippen LogP contribution in [0.2, 0.25) is 0 Å². The van der Waals surface area contributed by atoms with Crippen LogP contribution < -0.4 is 10.6 Å². The van der Waals surface area contributed by atoms with Crippen LogP contribution in [0.5, 0.6) is 0 Å². The number of urea groups is 1. The molecule has 2 amide bonds. The first-order valence-corrected chi connectivity index (χ1v) is 5.75. The van der Waals surface area contributed by atoms with Crippen LogP contribution in [0.25, 0.3) is 0 Å². The van der Waals surface area contributed by atoms with Gasteiger partial charge in [0.2, 0.25) is 0 Å². The van der Waals surface area contributed by atoms with Crippen LogP contribution in [0.1, 0.15) is 11.7 Å². The van der Waals surface area contributed by atoms with E-state index in [9.17, 15) is 4.79 Å². The molecule has 1 aromatic heterocycles. The molecule has 2 aromatic rings. The summed E-state index contributed by atoms with van der Waals surface area (Å²) >= 11 is 0. The Labute approximate surface area is 105 Å². The Balaban J connectivity index is 1.72. The lowest BCUT2D eigenvalue weighted by molar-refractivity contribution is 0.252. The first kappa shape index (κ1) is 12.2. The molecule has 5 nitrogen and oxygen atoms in total. The van der Waals surface area contributed by atoms with Gasteiger partial charge in [0.25, 0.3) is 0 Å². The maximum atomic E-state index is 11.5. The summed E-state index contributed by atoms with van der Waals surface area (Å²) in [7, 11) is 0. The molecule has 5 heteroatoms. The SMILES string of the molecule is Cc1cnc(CCNC(=O)Nc2ccccc2)o1. The van der Waals surface area contributed by atoms with E-state index < -0.39 is 0 Å². The molecule has 0 unspecified atom stereocenters. The first-order chi connectivity index (χ1) is 8.74. The molecule has 0 radical (unpaired) electrons. The smallest absolute Gasteiger partial charge is 0.319 e. The number of hydrogen-bond acceptors (Lipinski definition) is 3. The van der Waals surface area contributed by atoms with Crippen LogP contribution in [0.4, 0.5) is 10.5 Å². The molecule has 2 rings (SSSR count). The minimum Gasteiger partial charge on any atom is -0.446 e. The van der Waals surface area contributed by atoms with Gasteiger partial charge in [0.1, 0.15) is 5.76 Å². The summed E-state index contributed by atoms with van der Waals surface area (Å²) in [5.41, 5.74) is 0.766. The topological polar surface area (TPSA) is 67.2 Å². The summed E-state index contributed by atoms with van der Waals surface area (Å²) in [6.07, 6.45) is 2.25. The highest BCUT2D eigenvalue weighted by Gasteiger charge is 2.03. The number of aromatic nitrogens is 1. The van der Waals surface area contributed by atoms with Gasteiger partial charge in [0.05, 0.1) is 6.20 Å². The van der Waals surface area contributed by atoms with Gasteiger partial charge in [-0.15, -0.1) is 0 Å². The van der Waals surface area contributed by atoms with E-state index in [0.29, 0.717) is 18.9 Å². The average molecular weight is 245 g/mol. The van der Waals surface area contributed by atoms with Crippen molar-refractivity contribution >= 4 is 11.7 Å². The number of carbonyl (C=O) groups excluding carboxylic acids is 1. The molecule has 0 fully saturated rings. The fraction of sp³-hybridized carbons (Fsp3) is 0.231. The average Bonchev–Trinajstić information content (AvgIpc) is 2.76. The molecule has 1 heterocycles. The van der Waals surface area contributed by atoms with Crippen molar-refractivity contribution in [1.82, 2.24) is 10.3 Å². The Kier molecular flexibility index (Phi) is 3.96. The summed E-state index contributed by atoms with van der Waals surface area (Å²) in [6.45, 7) is 2.32. The number of carbonyl (C=O) groups is 1. The third kappa shape index (κ3) is 3.62. The predicted octanol–water partition coefficient (Wildman–Crippen LogP) is 2.35. The molecule has 0 bridgehead atoms. The first-order valence-electron chi connectivity index (χ1n) is 5.75. The molecule has 0 aliphatic heterocycles. The minimum absolute atomic E-state index is 0.232. The zero-order chi connectivity index (χ0) is 12.8. The maximum absolute atomic E-state index is 11.5. The van der Waals surface area contributed by atoms with E-state index >= 15 is 0 Å². The van der Waals surface area contributed by atoms with Crippen LogP contribution >= 0.6 is 0 Å². The van der Waals surface area contributed by atoms with Gasteiger partial charge in [-0.3, -0.25) is 0 Å². The highest BCUT2D eigenvalue weighted by Crippen LogP contribution is 2.04. The lowest BCUT2D eigenvalue weighted by Gasteiger charge is -2.06. The van der Waals surface area contributed by atoms with Crippen LogP contribution in [-0.2, 0) is 6.42 Å². The summed E-state index contributed by atoms with van der Waals surface area (Å²) in [4.78, 5) is 15.6. The van der Waals surface area contributed by atoms with Gasteiger partial charge in [-0.05, 0) is 19.1 Å². The monoisotopic (exact) mass is 245 g/mol. The van der Waals surface area contributed by atoms with E-state index in [2.05, 4.69) is 15.6 Å². The van der Waals surface area contributed by atoms with E-state index in [4.69, 9.17) is 4.42 Å². The largest absolute Gasteiger partial charge is 0.446 e. The molecule has 0 atom stereocenters. The second-order valence-electron chi connectivity index (χ2n) is 3.86. The normalized spacial score (nSPS) is 10.1. The van der Waals surface area contributed by atoms with Crippen molar-refractivity contribution in [2.24, 2.45) is 0 Å². The second-order valence-corrected chi connectivity index (χ2v) is 3.86. The van der Waals surface area contributed by atoms with Gasteiger partial charge in [-0.25, -0.2) is 9.78 Å². The number of nitrogens with one attached hydrogen (secondary N) is 2. The van der Waals surface area contributed by atoms with Crippen LogP contribution in [0.3, 0.4) is 0 Å². The van der Waals surface area contributed by atoms with Crippen LogP contribution in [0, 0.1) is 6.92 Å².